The van der Waals surface area contributed by atoms with Crippen LogP contribution in [0.25, 0.3) is 0 Å². The minimum absolute atomic E-state index is 0.000661. The number of carbonyl (C=O) groups is 2. The van der Waals surface area contributed by atoms with E-state index in [9.17, 15) is 9.59 Å². The van der Waals surface area contributed by atoms with Crippen molar-refractivity contribution in [2.24, 2.45) is 11.3 Å². The third-order valence-electron chi connectivity index (χ3n) is 7.61. The maximum absolute atomic E-state index is 13.4. The lowest BCUT2D eigenvalue weighted by Crippen LogP contribution is -2.46. The van der Waals surface area contributed by atoms with E-state index in [1.54, 1.807) is 0 Å². The summed E-state index contributed by atoms with van der Waals surface area (Å²) in [6.45, 7) is 21.8. The van der Waals surface area contributed by atoms with Gasteiger partial charge in [0, 0.05) is 17.6 Å². The van der Waals surface area contributed by atoms with Crippen LogP contribution in [0.5, 0.6) is 0 Å². The number of carbonyl (C=O) groups excluding carboxylic acids is 2. The molecule has 32 heavy (non-hydrogen) atoms. The molecule has 0 fully saturated rings. The molecule has 0 radical (unpaired) electrons. The highest BCUT2D eigenvalue weighted by Gasteiger charge is 2.44. The maximum Gasteiger partial charge on any atom is 0.224 e. The number of allylic oxidation sites excluding steroid dienone is 4. The zero-order valence-electron chi connectivity index (χ0n) is 22.2. The van der Waals surface area contributed by atoms with Crippen LogP contribution in [0.4, 0.5) is 0 Å². The first-order valence-electron chi connectivity index (χ1n) is 12.0. The minimum Gasteiger partial charge on any atom is -0.492 e. The second-order valence-electron chi connectivity index (χ2n) is 12.0. The van der Waals surface area contributed by atoms with Crippen LogP contribution in [0, 0.1) is 11.3 Å². The van der Waals surface area contributed by atoms with Gasteiger partial charge in [-0.25, -0.2) is 0 Å². The normalized spacial score (nSPS) is 21.3. The van der Waals surface area contributed by atoms with E-state index in [1.807, 2.05) is 13.8 Å². The largest absolute Gasteiger partial charge is 0.492 e. The Labute approximate surface area is 196 Å². The Morgan fingerprint density at radius 1 is 1.16 bits per heavy atom. The highest BCUT2D eigenvalue weighted by atomic mass is 28.4. The number of ether oxygens (including phenoxy) is 1. The first-order chi connectivity index (χ1) is 14.5. The van der Waals surface area contributed by atoms with Crippen molar-refractivity contribution in [1.29, 1.82) is 0 Å². The van der Waals surface area contributed by atoms with Crippen LogP contribution in [0.3, 0.4) is 0 Å². The molecule has 1 unspecified atom stereocenters. The quantitative estimate of drug-likeness (QED) is 0.235. The van der Waals surface area contributed by atoms with Crippen molar-refractivity contribution in [3.8, 4) is 0 Å². The van der Waals surface area contributed by atoms with Gasteiger partial charge in [-0.1, -0.05) is 54.0 Å². The molecule has 2 aliphatic rings. The molecule has 4 nitrogen and oxygen atoms in total. The van der Waals surface area contributed by atoms with Crippen LogP contribution < -0.4 is 0 Å². The topological polar surface area (TPSA) is 52.6 Å². The first-order valence-corrected chi connectivity index (χ1v) is 14.9. The standard InChI is InChI=1S/C27H44O4Si/c1-17(2)22-20(28)15-19(24(29)25(22)30-9)16-21(31-32(10,11)26(4,5)6)23-18(3)13-12-14-27(23,7)8/h15,17,21H,12-14,16H2,1-11H3. The number of hydrogen-bond acceptors (Lipinski definition) is 4. The van der Waals surface area contributed by atoms with E-state index < -0.39 is 8.32 Å². The average molecular weight is 461 g/mol. The number of Topliss-reactive ketones (excluding diaryl/α,β-unsaturated/α-hetero) is 1. The van der Waals surface area contributed by atoms with Crippen LogP contribution in [-0.4, -0.2) is 33.1 Å². The molecule has 0 aliphatic heterocycles. The summed E-state index contributed by atoms with van der Waals surface area (Å²) in [6, 6.07) is 0. The van der Waals surface area contributed by atoms with E-state index in [2.05, 4.69) is 54.6 Å². The molecule has 0 saturated carbocycles. The molecule has 0 aromatic rings. The van der Waals surface area contributed by atoms with Crippen LogP contribution >= 0.6 is 0 Å². The summed E-state index contributed by atoms with van der Waals surface area (Å²) in [5.41, 5.74) is 3.65. The minimum atomic E-state index is -2.13. The molecule has 0 N–H and O–H groups in total. The van der Waals surface area contributed by atoms with Crippen molar-refractivity contribution in [3.63, 3.8) is 0 Å². The van der Waals surface area contributed by atoms with Gasteiger partial charge in [0.15, 0.2) is 19.9 Å². The second-order valence-corrected chi connectivity index (χ2v) is 16.7. The number of hydrogen-bond donors (Lipinski definition) is 0. The van der Waals surface area contributed by atoms with Crippen molar-refractivity contribution in [1.82, 2.24) is 0 Å². The average Bonchev–Trinajstić information content (AvgIpc) is 2.61. The van der Waals surface area contributed by atoms with Gasteiger partial charge >= 0.3 is 0 Å². The van der Waals surface area contributed by atoms with Crippen LogP contribution in [-0.2, 0) is 18.8 Å². The van der Waals surface area contributed by atoms with Gasteiger partial charge in [0.25, 0.3) is 0 Å². The molecule has 180 valence electrons. The van der Waals surface area contributed by atoms with E-state index >= 15 is 0 Å². The Balaban J connectivity index is 2.54. The number of ketones is 2. The van der Waals surface area contributed by atoms with E-state index in [-0.39, 0.29) is 39.8 Å². The lowest BCUT2D eigenvalue weighted by Gasteiger charge is -2.45. The van der Waals surface area contributed by atoms with Crippen LogP contribution in [0.15, 0.2) is 34.1 Å². The van der Waals surface area contributed by atoms with Gasteiger partial charge in [0.2, 0.25) is 5.78 Å². The summed E-state index contributed by atoms with van der Waals surface area (Å²) in [6.07, 6.45) is 5.06. The molecule has 0 heterocycles. The van der Waals surface area contributed by atoms with E-state index in [1.165, 1.54) is 30.8 Å². The highest BCUT2D eigenvalue weighted by Crippen LogP contribution is 2.47. The molecule has 5 heteroatoms. The van der Waals surface area contributed by atoms with Gasteiger partial charge in [0.1, 0.15) is 0 Å². The van der Waals surface area contributed by atoms with Crippen LogP contribution in [0.2, 0.25) is 18.1 Å². The number of rotatable bonds is 7. The molecule has 0 aromatic carbocycles. The molecule has 1 atom stereocenters. The molecule has 0 bridgehead atoms. The summed E-state index contributed by atoms with van der Waals surface area (Å²) in [5, 5.41) is 0.0434. The van der Waals surface area contributed by atoms with Crippen molar-refractivity contribution in [2.45, 2.75) is 105 Å². The number of methoxy groups -OCH3 is 1. The summed E-state index contributed by atoms with van der Waals surface area (Å²) in [4.78, 5) is 26.3. The Morgan fingerprint density at radius 3 is 2.22 bits per heavy atom. The SMILES string of the molecule is COC1=C(C(C)C)C(=O)C=C(CC(O[Si](C)(C)C(C)(C)C)C2=C(C)CCCC2(C)C)C1=O. The predicted octanol–water partition coefficient (Wildman–Crippen LogP) is 6.93. The molecular weight excluding hydrogens is 416 g/mol. The molecule has 0 saturated heterocycles. The summed E-state index contributed by atoms with van der Waals surface area (Å²) in [5.74, 6) is -0.166. The molecule has 2 rings (SSSR count). The zero-order chi connectivity index (χ0) is 24.6. The fourth-order valence-corrected chi connectivity index (χ4v) is 6.14. The van der Waals surface area contributed by atoms with Gasteiger partial charge in [-0.3, -0.25) is 9.59 Å². The van der Waals surface area contributed by atoms with Crippen molar-refractivity contribution < 1.29 is 18.8 Å². The highest BCUT2D eigenvalue weighted by molar-refractivity contribution is 6.74. The van der Waals surface area contributed by atoms with Crippen molar-refractivity contribution in [3.05, 3.63) is 34.1 Å². The first kappa shape index (κ1) is 26.8. The Hall–Kier alpha value is -1.46. The van der Waals surface area contributed by atoms with E-state index in [0.29, 0.717) is 17.6 Å². The van der Waals surface area contributed by atoms with Gasteiger partial charge in [-0.05, 0) is 67.3 Å². The Kier molecular flexibility index (Phi) is 7.88. The maximum atomic E-state index is 13.4. The molecule has 2 aliphatic carbocycles. The second kappa shape index (κ2) is 9.42. The zero-order valence-corrected chi connectivity index (χ0v) is 23.2. The molecule has 0 amide bonds. The van der Waals surface area contributed by atoms with Crippen molar-refractivity contribution >= 4 is 19.9 Å². The van der Waals surface area contributed by atoms with Gasteiger partial charge in [0.05, 0.1) is 13.2 Å². The Morgan fingerprint density at radius 2 is 1.75 bits per heavy atom. The van der Waals surface area contributed by atoms with Gasteiger partial charge in [-0.2, -0.15) is 0 Å². The summed E-state index contributed by atoms with van der Waals surface area (Å²) in [7, 11) is -0.647. The third kappa shape index (κ3) is 5.36. The van der Waals surface area contributed by atoms with Gasteiger partial charge < -0.3 is 9.16 Å². The lowest BCUT2D eigenvalue weighted by atomic mass is 9.69. The lowest BCUT2D eigenvalue weighted by molar-refractivity contribution is -0.118. The van der Waals surface area contributed by atoms with E-state index in [0.717, 1.165) is 12.8 Å². The fraction of sp³-hybridized carbons (Fsp3) is 0.704. The predicted molar refractivity (Wildman–Crippen MR) is 134 cm³/mol. The monoisotopic (exact) mass is 460 g/mol. The fourth-order valence-electron chi connectivity index (χ4n) is 4.87. The summed E-state index contributed by atoms with van der Waals surface area (Å²) >= 11 is 0. The van der Waals surface area contributed by atoms with Gasteiger partial charge in [-0.15, -0.1) is 0 Å². The molecule has 0 spiro atoms. The van der Waals surface area contributed by atoms with E-state index in [4.69, 9.17) is 9.16 Å². The Bertz CT molecular complexity index is 863. The molecule has 0 aromatic heterocycles. The van der Waals surface area contributed by atoms with Crippen LogP contribution in [0.1, 0.15) is 81.1 Å². The summed E-state index contributed by atoms with van der Waals surface area (Å²) < 4.78 is 12.4. The van der Waals surface area contributed by atoms with Crippen molar-refractivity contribution in [2.75, 3.05) is 7.11 Å². The smallest absolute Gasteiger partial charge is 0.224 e. The molecular formula is C27H44O4Si. The third-order valence-corrected chi connectivity index (χ3v) is 12.1.